The van der Waals surface area contributed by atoms with Crippen molar-refractivity contribution in [3.8, 4) is 22.5 Å². The van der Waals surface area contributed by atoms with Crippen LogP contribution in [-0.4, -0.2) is 15.0 Å². The second-order valence-electron chi connectivity index (χ2n) is 7.87. The summed E-state index contributed by atoms with van der Waals surface area (Å²) in [5, 5.41) is 0.191. The molecule has 6 rings (SSSR count). The first-order chi connectivity index (χ1) is 15.8. The van der Waals surface area contributed by atoms with Crippen molar-refractivity contribution in [1.29, 1.82) is 0 Å². The lowest BCUT2D eigenvalue weighted by Crippen LogP contribution is -2.28. The van der Waals surface area contributed by atoms with Crippen LogP contribution in [0, 0.1) is 0 Å². The van der Waals surface area contributed by atoms with E-state index in [1.54, 1.807) is 0 Å². The minimum atomic E-state index is -0.443. The molecule has 0 saturated heterocycles. The average Bonchev–Trinajstić information content (AvgIpc) is 3.16. The number of hydrogen-bond acceptors (Lipinski definition) is 3. The predicted octanol–water partition coefficient (Wildman–Crippen LogP) is 6.56. The first-order valence-electron chi connectivity index (χ1n) is 10.5. The van der Waals surface area contributed by atoms with Crippen LogP contribution in [0.1, 0.15) is 22.3 Å². The summed E-state index contributed by atoms with van der Waals surface area (Å²) in [6, 6.07) is 36.5. The molecule has 0 amide bonds. The van der Waals surface area contributed by atoms with Gasteiger partial charge in [0.1, 0.15) is 6.33 Å². The molecule has 0 spiro atoms. The molecule has 0 saturated carbocycles. The molecule has 0 unspecified atom stereocenters. The van der Waals surface area contributed by atoms with Crippen molar-refractivity contribution in [2.24, 2.45) is 0 Å². The first kappa shape index (κ1) is 18.9. The summed E-state index contributed by atoms with van der Waals surface area (Å²) in [7, 11) is 0. The molecule has 3 nitrogen and oxygen atoms in total. The number of rotatable bonds is 3. The monoisotopic (exact) mass is 431 g/mol. The lowest BCUT2D eigenvalue weighted by Gasteiger charge is -2.34. The summed E-state index contributed by atoms with van der Waals surface area (Å²) in [6.07, 6.45) is 1.45. The van der Waals surface area contributed by atoms with E-state index in [9.17, 15) is 0 Å². The van der Waals surface area contributed by atoms with Gasteiger partial charge in [-0.2, -0.15) is 4.98 Å². The maximum atomic E-state index is 6.07. The van der Waals surface area contributed by atoms with Crippen molar-refractivity contribution in [2.45, 2.75) is 5.41 Å². The Bertz CT molecular complexity index is 1390. The smallest absolute Gasteiger partial charge is 0.216 e. The molecule has 0 N–H and O–H groups in total. The molecule has 152 valence electrons. The third-order valence-corrected chi connectivity index (χ3v) is 6.44. The third-order valence-electron chi connectivity index (χ3n) is 6.26. The van der Waals surface area contributed by atoms with Crippen LogP contribution in [-0.2, 0) is 5.41 Å². The van der Waals surface area contributed by atoms with Crippen molar-refractivity contribution >= 4 is 11.6 Å². The number of halogens is 1. The number of hydrogen-bond donors (Lipinski definition) is 0. The van der Waals surface area contributed by atoms with E-state index in [1.165, 1.54) is 39.7 Å². The van der Waals surface area contributed by atoms with E-state index >= 15 is 0 Å². The van der Waals surface area contributed by atoms with E-state index in [0.29, 0.717) is 5.82 Å². The van der Waals surface area contributed by atoms with Crippen LogP contribution in [0.5, 0.6) is 0 Å². The molecule has 0 radical (unpaired) electrons. The molecule has 0 bridgehead atoms. The SMILES string of the molecule is Clc1ncnc(-c2ccc3c(c2)C(c2ccccc2)(c2ccccc2)c2ccccc2-3)n1. The van der Waals surface area contributed by atoms with E-state index in [0.717, 1.165) is 5.56 Å². The predicted molar refractivity (Wildman–Crippen MR) is 128 cm³/mol. The highest BCUT2D eigenvalue weighted by atomic mass is 35.5. The largest absolute Gasteiger partial charge is 0.225 e. The van der Waals surface area contributed by atoms with Crippen LogP contribution in [0.25, 0.3) is 22.5 Å². The summed E-state index contributed by atoms with van der Waals surface area (Å²) in [5.74, 6) is 0.568. The van der Waals surface area contributed by atoms with E-state index in [2.05, 4.69) is 118 Å². The molecule has 5 aromatic rings. The molecule has 1 aromatic heterocycles. The first-order valence-corrected chi connectivity index (χ1v) is 10.9. The molecule has 1 aliphatic rings. The van der Waals surface area contributed by atoms with Gasteiger partial charge in [-0.15, -0.1) is 0 Å². The Kier molecular flexibility index (Phi) is 4.37. The van der Waals surface area contributed by atoms with Gasteiger partial charge < -0.3 is 0 Å². The molecule has 0 aliphatic heterocycles. The van der Waals surface area contributed by atoms with Crippen molar-refractivity contribution in [3.63, 3.8) is 0 Å². The highest BCUT2D eigenvalue weighted by Gasteiger charge is 2.46. The second-order valence-corrected chi connectivity index (χ2v) is 8.20. The average molecular weight is 432 g/mol. The van der Waals surface area contributed by atoms with Gasteiger partial charge >= 0.3 is 0 Å². The molecule has 4 aromatic carbocycles. The van der Waals surface area contributed by atoms with Crippen LogP contribution < -0.4 is 0 Å². The molecular formula is C28H18ClN3. The zero-order valence-electron chi connectivity index (χ0n) is 17.1. The van der Waals surface area contributed by atoms with Gasteiger partial charge in [0.05, 0.1) is 5.41 Å². The summed E-state index contributed by atoms with van der Waals surface area (Å²) in [5.41, 5.74) is 7.88. The summed E-state index contributed by atoms with van der Waals surface area (Å²) < 4.78 is 0. The van der Waals surface area contributed by atoms with Crippen LogP contribution >= 0.6 is 11.6 Å². The molecule has 0 fully saturated rings. The van der Waals surface area contributed by atoms with Crippen molar-refractivity contribution in [2.75, 3.05) is 0 Å². The topological polar surface area (TPSA) is 38.7 Å². The quantitative estimate of drug-likeness (QED) is 0.318. The minimum absolute atomic E-state index is 0.191. The van der Waals surface area contributed by atoms with Gasteiger partial charge in [-0.25, -0.2) is 9.97 Å². The van der Waals surface area contributed by atoms with E-state index in [4.69, 9.17) is 11.6 Å². The van der Waals surface area contributed by atoms with Gasteiger partial charge in [0.25, 0.3) is 0 Å². The fourth-order valence-electron chi connectivity index (χ4n) is 5.00. The lowest BCUT2D eigenvalue weighted by atomic mass is 9.67. The Morgan fingerprint density at radius 1 is 0.594 bits per heavy atom. The summed E-state index contributed by atoms with van der Waals surface area (Å²) in [4.78, 5) is 12.7. The van der Waals surface area contributed by atoms with Crippen LogP contribution in [0.2, 0.25) is 5.28 Å². The van der Waals surface area contributed by atoms with E-state index in [-0.39, 0.29) is 5.28 Å². The van der Waals surface area contributed by atoms with Crippen molar-refractivity contribution in [3.05, 3.63) is 137 Å². The van der Waals surface area contributed by atoms with Crippen LogP contribution in [0.15, 0.2) is 109 Å². The molecular weight excluding hydrogens is 414 g/mol. The Hall–Kier alpha value is -3.82. The summed E-state index contributed by atoms with van der Waals surface area (Å²) in [6.45, 7) is 0. The number of aromatic nitrogens is 3. The van der Waals surface area contributed by atoms with E-state index in [1.807, 2.05) is 0 Å². The van der Waals surface area contributed by atoms with Gasteiger partial charge in [-0.1, -0.05) is 97.1 Å². The van der Waals surface area contributed by atoms with Gasteiger partial charge in [-0.3, -0.25) is 0 Å². The molecule has 1 heterocycles. The molecule has 32 heavy (non-hydrogen) atoms. The van der Waals surface area contributed by atoms with Crippen molar-refractivity contribution < 1.29 is 0 Å². The maximum absolute atomic E-state index is 6.07. The van der Waals surface area contributed by atoms with Gasteiger partial charge in [-0.05, 0) is 51.0 Å². The maximum Gasteiger partial charge on any atom is 0.225 e. The lowest BCUT2D eigenvalue weighted by molar-refractivity contribution is 0.768. The van der Waals surface area contributed by atoms with Crippen LogP contribution in [0.3, 0.4) is 0 Å². The van der Waals surface area contributed by atoms with Crippen LogP contribution in [0.4, 0.5) is 0 Å². The molecule has 4 heteroatoms. The minimum Gasteiger partial charge on any atom is -0.216 e. The fourth-order valence-corrected chi connectivity index (χ4v) is 5.12. The van der Waals surface area contributed by atoms with Gasteiger partial charge in [0, 0.05) is 5.56 Å². The second kappa shape index (κ2) is 7.40. The van der Waals surface area contributed by atoms with Gasteiger partial charge in [0.15, 0.2) is 5.82 Å². The Labute approximate surface area is 191 Å². The zero-order chi connectivity index (χ0) is 21.5. The van der Waals surface area contributed by atoms with Crippen molar-refractivity contribution in [1.82, 2.24) is 15.0 Å². The third kappa shape index (κ3) is 2.72. The fraction of sp³-hybridized carbons (Fsp3) is 0.0357. The zero-order valence-corrected chi connectivity index (χ0v) is 17.9. The Balaban J connectivity index is 1.73. The standard InChI is InChI=1S/C28H18ClN3/c29-27-31-18-30-26(32-27)19-15-16-23-22-13-7-8-14-24(22)28(25(23)17-19,20-9-3-1-4-10-20)21-11-5-2-6-12-21/h1-18H. The molecule has 0 atom stereocenters. The number of nitrogens with zero attached hydrogens (tertiary/aromatic N) is 3. The Morgan fingerprint density at radius 2 is 1.22 bits per heavy atom. The summed E-state index contributed by atoms with van der Waals surface area (Å²) >= 11 is 6.07. The highest BCUT2D eigenvalue weighted by molar-refractivity contribution is 6.28. The van der Waals surface area contributed by atoms with Gasteiger partial charge in [0.2, 0.25) is 5.28 Å². The Morgan fingerprint density at radius 3 is 1.91 bits per heavy atom. The van der Waals surface area contributed by atoms with E-state index < -0.39 is 5.41 Å². The molecule has 1 aliphatic carbocycles. The highest BCUT2D eigenvalue weighted by Crippen LogP contribution is 2.56. The normalized spacial score (nSPS) is 13.4. The number of fused-ring (bicyclic) bond motifs is 3. The number of benzene rings is 4.